The van der Waals surface area contributed by atoms with Crippen LogP contribution in [0.15, 0.2) is 24.3 Å². The van der Waals surface area contributed by atoms with E-state index in [4.69, 9.17) is 10.2 Å². The molecule has 2 fully saturated rings. The van der Waals surface area contributed by atoms with Crippen LogP contribution in [0.1, 0.15) is 17.3 Å². The number of anilines is 1. The van der Waals surface area contributed by atoms with Crippen molar-refractivity contribution in [3.05, 3.63) is 29.8 Å². The second-order valence-electron chi connectivity index (χ2n) is 5.51. The number of amides is 2. The molecule has 2 heterocycles. The summed E-state index contributed by atoms with van der Waals surface area (Å²) in [6.45, 7) is 1.29. The van der Waals surface area contributed by atoms with E-state index in [1.165, 1.54) is 46.7 Å². The van der Waals surface area contributed by atoms with Gasteiger partial charge >= 0.3 is 11.9 Å². The lowest BCUT2D eigenvalue weighted by Gasteiger charge is -2.48. The quantitative estimate of drug-likeness (QED) is 0.759. The van der Waals surface area contributed by atoms with Gasteiger partial charge in [0, 0.05) is 18.4 Å². The zero-order valence-corrected chi connectivity index (χ0v) is 13.4. The molecule has 9 heteroatoms. The van der Waals surface area contributed by atoms with Gasteiger partial charge in [-0.1, -0.05) is 6.07 Å². The first-order valence-corrected chi connectivity index (χ1v) is 8.17. The summed E-state index contributed by atoms with van der Waals surface area (Å²) >= 11 is 1.31. The van der Waals surface area contributed by atoms with Gasteiger partial charge in [-0.3, -0.25) is 14.5 Å². The third kappa shape index (κ3) is 2.41. The molecule has 2 N–H and O–H groups in total. The Morgan fingerprint density at radius 3 is 2.58 bits per heavy atom. The number of rotatable bonds is 4. The number of carbonyl (C=O) groups is 4. The predicted molar refractivity (Wildman–Crippen MR) is 84.9 cm³/mol. The number of carboxylic acid groups (broad SMARTS) is 2. The standard InChI is InChI=1S/C15H14N2O6S/c1-7(18)16(9-4-2-3-8(5-9)14(20)21)11-12(19)17-10(15(22)23)6-24-13(11)17/h2-5,10-11,13H,6H2,1H3,(H,20,21)(H,22,23)/t10?,11?,13-/m1/s1. The molecular formula is C15H14N2O6S. The minimum Gasteiger partial charge on any atom is -0.480 e. The molecule has 24 heavy (non-hydrogen) atoms. The molecule has 8 nitrogen and oxygen atoms in total. The fourth-order valence-electron chi connectivity index (χ4n) is 3.00. The number of thioether (sulfide) groups is 1. The van der Waals surface area contributed by atoms with E-state index >= 15 is 0 Å². The van der Waals surface area contributed by atoms with E-state index in [9.17, 15) is 19.2 Å². The normalized spacial score (nSPS) is 25.0. The molecule has 126 valence electrons. The van der Waals surface area contributed by atoms with Crippen LogP contribution >= 0.6 is 11.8 Å². The molecule has 0 radical (unpaired) electrons. The first kappa shape index (κ1) is 16.3. The van der Waals surface area contributed by atoms with Gasteiger partial charge in [0.15, 0.2) is 0 Å². The summed E-state index contributed by atoms with van der Waals surface area (Å²) in [4.78, 5) is 49.3. The molecule has 3 atom stereocenters. The highest BCUT2D eigenvalue weighted by molar-refractivity contribution is 8.00. The summed E-state index contributed by atoms with van der Waals surface area (Å²) in [5.41, 5.74) is 0.310. The third-order valence-electron chi connectivity index (χ3n) is 4.09. The SMILES string of the molecule is CC(=O)N(c1cccc(C(=O)O)c1)C1C(=O)N2C(C(=O)O)CS[C@H]12. The van der Waals surface area contributed by atoms with Gasteiger partial charge in [0.1, 0.15) is 17.5 Å². The molecule has 2 aliphatic rings. The lowest BCUT2D eigenvalue weighted by atomic mass is 10.0. The van der Waals surface area contributed by atoms with E-state index in [2.05, 4.69) is 0 Å². The average molecular weight is 350 g/mol. The lowest BCUT2D eigenvalue weighted by Crippen LogP contribution is -2.71. The van der Waals surface area contributed by atoms with Crippen molar-refractivity contribution >= 4 is 41.2 Å². The molecule has 3 rings (SSSR count). The van der Waals surface area contributed by atoms with Gasteiger partial charge in [0.05, 0.1) is 5.56 Å². The number of benzene rings is 1. The molecule has 0 aliphatic carbocycles. The van der Waals surface area contributed by atoms with E-state index in [-0.39, 0.29) is 11.3 Å². The summed E-state index contributed by atoms with van der Waals surface area (Å²) in [7, 11) is 0. The molecule has 1 aromatic rings. The molecule has 0 aromatic heterocycles. The third-order valence-corrected chi connectivity index (χ3v) is 5.42. The summed E-state index contributed by atoms with van der Waals surface area (Å²) in [6, 6.07) is 4.07. The van der Waals surface area contributed by atoms with Crippen LogP contribution < -0.4 is 4.90 Å². The second kappa shape index (κ2) is 5.82. The van der Waals surface area contributed by atoms with Crippen molar-refractivity contribution < 1.29 is 29.4 Å². The van der Waals surface area contributed by atoms with Gasteiger partial charge in [0.25, 0.3) is 5.91 Å². The fourth-order valence-corrected chi connectivity index (χ4v) is 4.51. The summed E-state index contributed by atoms with van der Waals surface area (Å²) in [6.07, 6.45) is 0. The molecule has 2 aliphatic heterocycles. The van der Waals surface area contributed by atoms with Crippen molar-refractivity contribution in [2.24, 2.45) is 0 Å². The Morgan fingerprint density at radius 2 is 2.00 bits per heavy atom. The monoisotopic (exact) mass is 350 g/mol. The van der Waals surface area contributed by atoms with Crippen LogP contribution in [-0.4, -0.2) is 62.1 Å². The summed E-state index contributed by atoms with van der Waals surface area (Å²) in [5.74, 6) is -2.78. The van der Waals surface area contributed by atoms with E-state index in [0.717, 1.165) is 0 Å². The molecule has 2 amide bonds. The number of β-lactam (4-membered cyclic amide) rings is 1. The Bertz CT molecular complexity index is 751. The predicted octanol–water partition coefficient (Wildman–Crippen LogP) is 0.475. The number of fused-ring (bicyclic) bond motifs is 1. The van der Waals surface area contributed by atoms with Crippen molar-refractivity contribution in [3.63, 3.8) is 0 Å². The fraction of sp³-hybridized carbons (Fsp3) is 0.333. The number of carboxylic acids is 2. The van der Waals surface area contributed by atoms with Gasteiger partial charge in [-0.2, -0.15) is 0 Å². The molecule has 2 unspecified atom stereocenters. The highest BCUT2D eigenvalue weighted by Gasteiger charge is 2.59. The van der Waals surface area contributed by atoms with Crippen LogP contribution in [0, 0.1) is 0 Å². The Labute approximate surface area is 141 Å². The highest BCUT2D eigenvalue weighted by atomic mass is 32.2. The number of carbonyl (C=O) groups excluding carboxylic acids is 2. The van der Waals surface area contributed by atoms with E-state index < -0.39 is 41.2 Å². The van der Waals surface area contributed by atoms with Gasteiger partial charge in [-0.05, 0) is 18.2 Å². The van der Waals surface area contributed by atoms with Crippen LogP contribution in [0.2, 0.25) is 0 Å². The zero-order chi connectivity index (χ0) is 17.6. The van der Waals surface area contributed by atoms with Gasteiger partial charge in [-0.15, -0.1) is 11.8 Å². The molecular weight excluding hydrogens is 336 g/mol. The van der Waals surface area contributed by atoms with Gasteiger partial charge in [0.2, 0.25) is 5.91 Å². The summed E-state index contributed by atoms with van der Waals surface area (Å²) < 4.78 is 0. The van der Waals surface area contributed by atoms with E-state index in [1.54, 1.807) is 6.07 Å². The Kier molecular flexibility index (Phi) is 3.96. The van der Waals surface area contributed by atoms with Crippen LogP contribution in [0.5, 0.6) is 0 Å². The molecule has 0 saturated carbocycles. The maximum absolute atomic E-state index is 12.4. The molecule has 0 spiro atoms. The van der Waals surface area contributed by atoms with Crippen LogP contribution in [0.3, 0.4) is 0 Å². The van der Waals surface area contributed by atoms with Crippen molar-refractivity contribution in [2.45, 2.75) is 24.4 Å². The largest absolute Gasteiger partial charge is 0.480 e. The van der Waals surface area contributed by atoms with E-state index in [0.29, 0.717) is 5.69 Å². The second-order valence-corrected chi connectivity index (χ2v) is 6.66. The average Bonchev–Trinajstić information content (AvgIpc) is 2.92. The van der Waals surface area contributed by atoms with E-state index in [1.807, 2.05) is 0 Å². The number of aliphatic carboxylic acids is 1. The Balaban J connectivity index is 1.93. The van der Waals surface area contributed by atoms with Crippen LogP contribution in [0.25, 0.3) is 0 Å². The minimum atomic E-state index is -1.14. The topological polar surface area (TPSA) is 115 Å². The first-order valence-electron chi connectivity index (χ1n) is 7.12. The van der Waals surface area contributed by atoms with Gasteiger partial charge in [-0.25, -0.2) is 9.59 Å². The highest BCUT2D eigenvalue weighted by Crippen LogP contribution is 2.43. The van der Waals surface area contributed by atoms with Crippen molar-refractivity contribution in [1.29, 1.82) is 0 Å². The van der Waals surface area contributed by atoms with Crippen LogP contribution in [0.4, 0.5) is 5.69 Å². The van der Waals surface area contributed by atoms with Crippen molar-refractivity contribution in [1.82, 2.24) is 4.90 Å². The molecule has 0 bridgehead atoms. The van der Waals surface area contributed by atoms with Crippen molar-refractivity contribution in [3.8, 4) is 0 Å². The number of nitrogens with zero attached hydrogens (tertiary/aromatic N) is 2. The van der Waals surface area contributed by atoms with Crippen LogP contribution in [-0.2, 0) is 14.4 Å². The number of hydrogen-bond acceptors (Lipinski definition) is 5. The molecule has 2 saturated heterocycles. The maximum atomic E-state index is 12.4. The smallest absolute Gasteiger partial charge is 0.335 e. The number of aromatic carboxylic acids is 1. The zero-order valence-electron chi connectivity index (χ0n) is 12.6. The van der Waals surface area contributed by atoms with Crippen molar-refractivity contribution in [2.75, 3.05) is 10.7 Å². The Morgan fingerprint density at radius 1 is 1.29 bits per heavy atom. The Hall–Kier alpha value is -2.55. The number of hydrogen-bond donors (Lipinski definition) is 2. The minimum absolute atomic E-state index is 0.00451. The molecule has 1 aromatic carbocycles. The van der Waals surface area contributed by atoms with Gasteiger partial charge < -0.3 is 15.1 Å². The summed E-state index contributed by atoms with van der Waals surface area (Å²) in [5, 5.41) is 17.8. The first-order chi connectivity index (χ1) is 11.3. The maximum Gasteiger partial charge on any atom is 0.335 e. The lowest BCUT2D eigenvalue weighted by molar-refractivity contribution is -0.157.